The second-order valence-electron chi connectivity index (χ2n) is 5.56. The van der Waals surface area contributed by atoms with Gasteiger partial charge in [0.15, 0.2) is 0 Å². The maximum Gasteiger partial charge on any atom is 0.0406 e. The number of hydrogen-bond acceptors (Lipinski definition) is 1. The monoisotopic (exact) mass is 251 g/mol. The number of nitrogens with one attached hydrogen (secondary N) is 1. The van der Waals surface area contributed by atoms with Gasteiger partial charge < -0.3 is 5.32 Å². The summed E-state index contributed by atoms with van der Waals surface area (Å²) in [6.45, 7) is 5.75. The fourth-order valence-corrected chi connectivity index (χ4v) is 2.65. The maximum atomic E-state index is 5.92. The molecule has 1 aromatic rings. The smallest absolute Gasteiger partial charge is 0.0406 e. The first-order valence-corrected chi connectivity index (χ1v) is 7.00. The topological polar surface area (TPSA) is 12.0 Å². The van der Waals surface area contributed by atoms with Crippen molar-refractivity contribution in [2.24, 2.45) is 5.41 Å². The minimum absolute atomic E-state index is 0.463. The Kier molecular flexibility index (Phi) is 4.11. The number of hydrogen-bond donors (Lipinski definition) is 1. The Bertz CT molecular complexity index is 354. The largest absolute Gasteiger partial charge is 0.309 e. The van der Waals surface area contributed by atoms with Gasteiger partial charge in [-0.1, -0.05) is 44.0 Å². The molecule has 0 spiro atoms. The van der Waals surface area contributed by atoms with Crippen molar-refractivity contribution in [1.29, 1.82) is 0 Å². The van der Waals surface area contributed by atoms with Gasteiger partial charge in [-0.25, -0.2) is 0 Å². The minimum atomic E-state index is 0.463. The molecule has 1 fully saturated rings. The van der Waals surface area contributed by atoms with Crippen LogP contribution in [0.5, 0.6) is 0 Å². The van der Waals surface area contributed by atoms with E-state index in [1.54, 1.807) is 0 Å². The highest BCUT2D eigenvalue weighted by Gasteiger charge is 2.31. The summed E-state index contributed by atoms with van der Waals surface area (Å²) in [5, 5.41) is 4.52. The Balaban J connectivity index is 1.94. The van der Waals surface area contributed by atoms with E-state index in [4.69, 9.17) is 11.6 Å². The van der Waals surface area contributed by atoms with Crippen molar-refractivity contribution in [3.8, 4) is 0 Å². The molecule has 1 aromatic carbocycles. The first kappa shape index (κ1) is 12.9. The van der Waals surface area contributed by atoms with Gasteiger partial charge in [-0.3, -0.25) is 0 Å². The fourth-order valence-electron chi connectivity index (χ4n) is 2.52. The van der Waals surface area contributed by atoms with Crippen LogP contribution in [0.25, 0.3) is 0 Å². The molecule has 2 rings (SSSR count). The van der Waals surface area contributed by atoms with E-state index >= 15 is 0 Å². The molecule has 1 atom stereocenters. The Morgan fingerprint density at radius 1 is 1.29 bits per heavy atom. The van der Waals surface area contributed by atoms with Gasteiger partial charge in [0.1, 0.15) is 0 Å². The lowest BCUT2D eigenvalue weighted by molar-refractivity contribution is 0.150. The highest BCUT2D eigenvalue weighted by Crippen LogP contribution is 2.40. The number of rotatable bonds is 5. The molecular formula is C15H22ClN. The number of benzene rings is 1. The van der Waals surface area contributed by atoms with E-state index in [-0.39, 0.29) is 0 Å². The summed E-state index contributed by atoms with van der Waals surface area (Å²) in [7, 11) is 0. The zero-order chi connectivity index (χ0) is 12.3. The molecule has 1 aliphatic carbocycles. The zero-order valence-corrected chi connectivity index (χ0v) is 11.6. The van der Waals surface area contributed by atoms with Gasteiger partial charge >= 0.3 is 0 Å². The van der Waals surface area contributed by atoms with Crippen LogP contribution >= 0.6 is 11.6 Å². The average molecular weight is 252 g/mol. The molecule has 0 aliphatic heterocycles. The van der Waals surface area contributed by atoms with Crippen molar-refractivity contribution in [1.82, 2.24) is 5.32 Å². The van der Waals surface area contributed by atoms with E-state index in [2.05, 4.69) is 31.3 Å². The van der Waals surface area contributed by atoms with Crippen LogP contribution in [0.3, 0.4) is 0 Å². The molecule has 0 heterocycles. The van der Waals surface area contributed by atoms with E-state index in [9.17, 15) is 0 Å². The molecule has 1 N–H and O–H groups in total. The van der Waals surface area contributed by atoms with Gasteiger partial charge in [-0.15, -0.1) is 0 Å². The predicted molar refractivity (Wildman–Crippen MR) is 74.4 cm³/mol. The highest BCUT2D eigenvalue weighted by atomic mass is 35.5. The lowest BCUT2D eigenvalue weighted by atomic mass is 9.70. The predicted octanol–water partition coefficient (Wildman–Crippen LogP) is 4.57. The van der Waals surface area contributed by atoms with Gasteiger partial charge in [0, 0.05) is 17.6 Å². The van der Waals surface area contributed by atoms with Gasteiger partial charge in [-0.2, -0.15) is 0 Å². The lowest BCUT2D eigenvalue weighted by Gasteiger charge is -2.39. The fraction of sp³-hybridized carbons (Fsp3) is 0.600. The maximum absolute atomic E-state index is 5.92. The summed E-state index contributed by atoms with van der Waals surface area (Å²) in [5.41, 5.74) is 1.89. The van der Waals surface area contributed by atoms with Crippen LogP contribution < -0.4 is 5.32 Å². The molecule has 2 heteroatoms. The van der Waals surface area contributed by atoms with Crippen molar-refractivity contribution >= 4 is 11.6 Å². The lowest BCUT2D eigenvalue weighted by Crippen LogP contribution is -2.38. The number of halogens is 1. The summed E-state index contributed by atoms with van der Waals surface area (Å²) in [6.07, 6.45) is 5.27. The van der Waals surface area contributed by atoms with Crippen LogP contribution in [-0.2, 0) is 0 Å². The summed E-state index contributed by atoms with van der Waals surface area (Å²) in [4.78, 5) is 0. The molecule has 0 aromatic heterocycles. The van der Waals surface area contributed by atoms with E-state index in [1.807, 2.05) is 12.1 Å². The third-order valence-corrected chi connectivity index (χ3v) is 4.27. The molecule has 1 unspecified atom stereocenters. The van der Waals surface area contributed by atoms with E-state index in [1.165, 1.54) is 24.8 Å². The van der Waals surface area contributed by atoms with Crippen molar-refractivity contribution < 1.29 is 0 Å². The first-order valence-electron chi connectivity index (χ1n) is 6.62. The normalized spacial score (nSPS) is 19.7. The third kappa shape index (κ3) is 3.23. The zero-order valence-electron chi connectivity index (χ0n) is 10.8. The molecule has 1 nitrogen and oxygen atoms in total. The molecule has 0 amide bonds. The Morgan fingerprint density at radius 3 is 2.41 bits per heavy atom. The van der Waals surface area contributed by atoms with E-state index < -0.39 is 0 Å². The molecule has 17 heavy (non-hydrogen) atoms. The quantitative estimate of drug-likeness (QED) is 0.808. The van der Waals surface area contributed by atoms with Gasteiger partial charge in [0.05, 0.1) is 0 Å². The summed E-state index contributed by atoms with van der Waals surface area (Å²) in [6, 6.07) is 8.68. The second kappa shape index (κ2) is 5.41. The Labute approximate surface area is 110 Å². The van der Waals surface area contributed by atoms with Crippen LogP contribution in [0.15, 0.2) is 24.3 Å². The Hall–Kier alpha value is -0.530. The van der Waals surface area contributed by atoms with Gasteiger partial charge in [-0.05, 0) is 42.4 Å². The molecule has 1 saturated carbocycles. The molecule has 94 valence electrons. The van der Waals surface area contributed by atoms with Crippen molar-refractivity contribution in [2.45, 2.75) is 45.6 Å². The Morgan fingerprint density at radius 2 is 1.94 bits per heavy atom. The third-order valence-electron chi connectivity index (χ3n) is 4.02. The van der Waals surface area contributed by atoms with E-state index in [0.29, 0.717) is 11.5 Å². The van der Waals surface area contributed by atoms with E-state index in [0.717, 1.165) is 18.0 Å². The molecular weight excluding hydrogens is 230 g/mol. The summed E-state index contributed by atoms with van der Waals surface area (Å²) < 4.78 is 0. The first-order chi connectivity index (χ1) is 8.13. The summed E-state index contributed by atoms with van der Waals surface area (Å²) in [5.74, 6) is 0. The van der Waals surface area contributed by atoms with Crippen LogP contribution in [0.4, 0.5) is 0 Å². The van der Waals surface area contributed by atoms with Crippen LogP contribution in [-0.4, -0.2) is 6.54 Å². The molecule has 0 radical (unpaired) electrons. The highest BCUT2D eigenvalue weighted by molar-refractivity contribution is 6.30. The van der Waals surface area contributed by atoms with Crippen LogP contribution in [0.2, 0.25) is 5.02 Å². The van der Waals surface area contributed by atoms with Crippen molar-refractivity contribution in [3.05, 3.63) is 34.9 Å². The molecule has 0 saturated heterocycles. The van der Waals surface area contributed by atoms with Crippen molar-refractivity contribution in [3.63, 3.8) is 0 Å². The SMILES string of the molecule is CCC(NCC1(C)CCC1)c1ccc(Cl)cc1. The van der Waals surface area contributed by atoms with Crippen LogP contribution in [0.1, 0.15) is 51.1 Å². The molecule has 0 bridgehead atoms. The van der Waals surface area contributed by atoms with Gasteiger partial charge in [0.2, 0.25) is 0 Å². The standard InChI is InChI=1S/C15H22ClN/c1-3-14(12-5-7-13(16)8-6-12)17-11-15(2)9-4-10-15/h5-8,14,17H,3-4,9-11H2,1-2H3. The molecule has 1 aliphatic rings. The van der Waals surface area contributed by atoms with Crippen LogP contribution in [0, 0.1) is 5.41 Å². The van der Waals surface area contributed by atoms with Gasteiger partial charge in [0.25, 0.3) is 0 Å². The summed E-state index contributed by atoms with van der Waals surface area (Å²) >= 11 is 5.92. The minimum Gasteiger partial charge on any atom is -0.309 e. The second-order valence-corrected chi connectivity index (χ2v) is 5.99. The van der Waals surface area contributed by atoms with Crippen molar-refractivity contribution in [2.75, 3.05) is 6.54 Å². The average Bonchev–Trinajstić information content (AvgIpc) is 2.30.